The Morgan fingerprint density at radius 1 is 0.472 bits per heavy atom. The van der Waals surface area contributed by atoms with Crippen molar-refractivity contribution in [2.75, 3.05) is 4.90 Å². The van der Waals surface area contributed by atoms with Crippen molar-refractivity contribution < 1.29 is 4.42 Å². The second-order valence-electron chi connectivity index (χ2n) is 16.0. The lowest BCUT2D eigenvalue weighted by molar-refractivity contribution is 0.573. The zero-order chi connectivity index (χ0) is 36.0. The van der Waals surface area contributed by atoms with Crippen LogP contribution in [0.3, 0.4) is 0 Å². The van der Waals surface area contributed by atoms with Crippen molar-refractivity contribution in [2.24, 2.45) is 0 Å². The molecule has 0 saturated heterocycles. The van der Waals surface area contributed by atoms with Crippen LogP contribution >= 0.6 is 0 Å². The maximum Gasteiger partial charge on any atom is 0.159 e. The van der Waals surface area contributed by atoms with Crippen molar-refractivity contribution in [2.45, 2.75) is 46.0 Å². The highest BCUT2D eigenvalue weighted by Crippen LogP contribution is 2.51. The highest BCUT2D eigenvalue weighted by molar-refractivity contribution is 6.14. The van der Waals surface area contributed by atoms with Crippen LogP contribution in [0.25, 0.3) is 76.9 Å². The van der Waals surface area contributed by atoms with Gasteiger partial charge in [0.15, 0.2) is 5.58 Å². The molecule has 0 fully saturated rings. The van der Waals surface area contributed by atoms with Gasteiger partial charge in [0, 0.05) is 27.7 Å². The summed E-state index contributed by atoms with van der Waals surface area (Å²) >= 11 is 0. The number of nitrogens with zero attached hydrogens (tertiary/aromatic N) is 1. The second kappa shape index (κ2) is 11.7. The SMILES string of the molecule is CC(C)c1cccc(N(c2ccc3cc4c(cc3c2)-c2cc3cc(-c5ccccc5)ccc3cc2-4)c2cccc3c2oc2c(C(C)(C)C)cccc23)c1. The molecule has 1 heterocycles. The molecule has 0 radical (unpaired) electrons. The maximum absolute atomic E-state index is 6.94. The molecule has 9 aromatic rings. The molecule has 0 unspecified atom stereocenters. The smallest absolute Gasteiger partial charge is 0.159 e. The first-order valence-electron chi connectivity index (χ1n) is 18.8. The number of hydrogen-bond acceptors (Lipinski definition) is 2. The van der Waals surface area contributed by atoms with E-state index in [-0.39, 0.29) is 5.41 Å². The third-order valence-corrected chi connectivity index (χ3v) is 11.2. The minimum Gasteiger partial charge on any atom is -0.454 e. The Kier molecular flexibility index (Phi) is 6.98. The van der Waals surface area contributed by atoms with Gasteiger partial charge < -0.3 is 9.32 Å². The molecule has 0 aliphatic heterocycles. The summed E-state index contributed by atoms with van der Waals surface area (Å²) < 4.78 is 6.94. The van der Waals surface area contributed by atoms with Crippen LogP contribution in [-0.4, -0.2) is 0 Å². The Labute approximate surface area is 310 Å². The Morgan fingerprint density at radius 3 is 1.77 bits per heavy atom. The van der Waals surface area contributed by atoms with E-state index < -0.39 is 0 Å². The monoisotopic (exact) mass is 683 g/mol. The zero-order valence-electron chi connectivity index (χ0n) is 30.9. The van der Waals surface area contributed by atoms with Gasteiger partial charge in [0.2, 0.25) is 0 Å². The third kappa shape index (κ3) is 5.08. The lowest BCUT2D eigenvalue weighted by Crippen LogP contribution is -2.11. The van der Waals surface area contributed by atoms with Gasteiger partial charge >= 0.3 is 0 Å². The lowest BCUT2D eigenvalue weighted by atomic mass is 9.77. The molecule has 0 spiro atoms. The number of rotatable bonds is 5. The van der Waals surface area contributed by atoms with Gasteiger partial charge in [0.1, 0.15) is 5.58 Å². The summed E-state index contributed by atoms with van der Waals surface area (Å²) in [5.74, 6) is 0.406. The van der Waals surface area contributed by atoms with Crippen molar-refractivity contribution in [1.82, 2.24) is 0 Å². The van der Waals surface area contributed by atoms with Gasteiger partial charge in [-0.25, -0.2) is 0 Å². The average Bonchev–Trinajstić information content (AvgIpc) is 3.56. The minimum absolute atomic E-state index is 0.0478. The molecule has 8 aromatic carbocycles. The standard InChI is InChI=1S/C51H41NO/c1-31(2)33-14-9-15-39(25-33)52(48-19-11-17-42-41-16-10-18-47(51(3,4)5)49(41)53-50(42)48)40-23-22-36-28-44-43-27-35-21-20-34(32-12-7-6-8-13-32)24-37(35)29-45(43)46(44)30-38(36)26-40/h6-31H,1-5H3. The minimum atomic E-state index is -0.0478. The molecule has 0 amide bonds. The Hall–Kier alpha value is -6.12. The quantitative estimate of drug-likeness (QED) is 0.180. The Balaban J connectivity index is 1.13. The predicted octanol–water partition coefficient (Wildman–Crippen LogP) is 15.1. The van der Waals surface area contributed by atoms with Crippen LogP contribution in [0.4, 0.5) is 17.1 Å². The van der Waals surface area contributed by atoms with Crippen LogP contribution < -0.4 is 4.90 Å². The number of hydrogen-bond donors (Lipinski definition) is 0. The van der Waals surface area contributed by atoms with Crippen LogP contribution in [0, 0.1) is 0 Å². The normalized spacial score (nSPS) is 12.4. The molecule has 0 bridgehead atoms. The van der Waals surface area contributed by atoms with Crippen molar-refractivity contribution in [3.63, 3.8) is 0 Å². The van der Waals surface area contributed by atoms with E-state index in [0.29, 0.717) is 5.92 Å². The van der Waals surface area contributed by atoms with E-state index in [1.54, 1.807) is 0 Å². The van der Waals surface area contributed by atoms with Crippen LogP contribution in [0.5, 0.6) is 0 Å². The molecule has 0 saturated carbocycles. The van der Waals surface area contributed by atoms with Gasteiger partial charge in [0.25, 0.3) is 0 Å². The van der Waals surface area contributed by atoms with Gasteiger partial charge in [-0.05, 0) is 132 Å². The first kappa shape index (κ1) is 31.6. The number of furan rings is 1. The van der Waals surface area contributed by atoms with Gasteiger partial charge in [-0.1, -0.05) is 126 Å². The fourth-order valence-electron chi connectivity index (χ4n) is 8.38. The number of benzene rings is 8. The molecule has 10 rings (SSSR count). The molecule has 0 atom stereocenters. The van der Waals surface area contributed by atoms with E-state index in [1.165, 1.54) is 66.1 Å². The summed E-state index contributed by atoms with van der Waals surface area (Å²) in [5, 5.41) is 7.31. The summed E-state index contributed by atoms with van der Waals surface area (Å²) in [7, 11) is 0. The van der Waals surface area contributed by atoms with Gasteiger partial charge in [-0.2, -0.15) is 0 Å². The second-order valence-corrected chi connectivity index (χ2v) is 16.0. The fraction of sp³-hybridized carbons (Fsp3) is 0.137. The van der Waals surface area contributed by atoms with Crippen molar-refractivity contribution in [1.29, 1.82) is 0 Å². The van der Waals surface area contributed by atoms with E-state index in [1.807, 2.05) is 0 Å². The highest BCUT2D eigenvalue weighted by Gasteiger charge is 2.26. The van der Waals surface area contributed by atoms with Crippen molar-refractivity contribution >= 4 is 60.5 Å². The average molecular weight is 684 g/mol. The summed E-state index contributed by atoms with van der Waals surface area (Å²) in [6, 6.07) is 56.0. The van der Waals surface area contributed by atoms with Crippen molar-refractivity contribution in [3.8, 4) is 33.4 Å². The molecular weight excluding hydrogens is 643 g/mol. The van der Waals surface area contributed by atoms with Crippen LogP contribution in [0.1, 0.15) is 51.7 Å². The molecule has 53 heavy (non-hydrogen) atoms. The van der Waals surface area contributed by atoms with E-state index in [4.69, 9.17) is 4.42 Å². The molecule has 256 valence electrons. The summed E-state index contributed by atoms with van der Waals surface area (Å²) in [6.45, 7) is 11.3. The maximum atomic E-state index is 6.94. The fourth-order valence-corrected chi connectivity index (χ4v) is 8.38. The van der Waals surface area contributed by atoms with E-state index in [0.717, 1.165) is 39.0 Å². The van der Waals surface area contributed by atoms with Gasteiger partial charge in [-0.15, -0.1) is 0 Å². The molecule has 2 nitrogen and oxygen atoms in total. The first-order chi connectivity index (χ1) is 25.7. The van der Waals surface area contributed by atoms with Gasteiger partial charge in [0.05, 0.1) is 5.69 Å². The summed E-state index contributed by atoms with van der Waals surface area (Å²) in [4.78, 5) is 2.39. The Morgan fingerprint density at radius 2 is 1.08 bits per heavy atom. The molecule has 1 aliphatic carbocycles. The molecular formula is C51H41NO. The molecule has 1 aliphatic rings. The van der Waals surface area contributed by atoms with Crippen LogP contribution in [0.2, 0.25) is 0 Å². The van der Waals surface area contributed by atoms with Crippen LogP contribution in [-0.2, 0) is 5.41 Å². The molecule has 0 N–H and O–H groups in total. The molecule has 2 heteroatoms. The highest BCUT2D eigenvalue weighted by atomic mass is 16.3. The van der Waals surface area contributed by atoms with E-state index >= 15 is 0 Å². The number of para-hydroxylation sites is 2. The van der Waals surface area contributed by atoms with E-state index in [2.05, 4.69) is 191 Å². The van der Waals surface area contributed by atoms with Crippen LogP contribution in [0.15, 0.2) is 156 Å². The third-order valence-electron chi connectivity index (χ3n) is 11.2. The first-order valence-corrected chi connectivity index (χ1v) is 18.8. The predicted molar refractivity (Wildman–Crippen MR) is 226 cm³/mol. The summed E-state index contributed by atoms with van der Waals surface area (Å²) in [5.41, 5.74) is 15.4. The molecule has 1 aromatic heterocycles. The topological polar surface area (TPSA) is 16.4 Å². The lowest BCUT2D eigenvalue weighted by Gasteiger charge is -2.28. The zero-order valence-corrected chi connectivity index (χ0v) is 30.9. The van der Waals surface area contributed by atoms with Gasteiger partial charge in [-0.3, -0.25) is 0 Å². The number of anilines is 3. The summed E-state index contributed by atoms with van der Waals surface area (Å²) in [6.07, 6.45) is 0. The number of fused-ring (bicyclic) bond motifs is 9. The van der Waals surface area contributed by atoms with Crippen molar-refractivity contribution in [3.05, 3.63) is 163 Å². The largest absolute Gasteiger partial charge is 0.454 e. The Bertz CT molecular complexity index is 2900. The van der Waals surface area contributed by atoms with E-state index in [9.17, 15) is 0 Å².